The predicted molar refractivity (Wildman–Crippen MR) is 78.4 cm³/mol. The Morgan fingerprint density at radius 3 is 2.61 bits per heavy atom. The van der Waals surface area contributed by atoms with Gasteiger partial charge in [0.25, 0.3) is 5.91 Å². The predicted octanol–water partition coefficient (Wildman–Crippen LogP) is 2.97. The van der Waals surface area contributed by atoms with Gasteiger partial charge < -0.3 is 10.1 Å². The lowest BCUT2D eigenvalue weighted by Crippen LogP contribution is -2.25. The molecule has 0 aliphatic heterocycles. The lowest BCUT2D eigenvalue weighted by molar-refractivity contribution is -0.274. The van der Waals surface area contributed by atoms with Gasteiger partial charge in [0.2, 0.25) is 0 Å². The van der Waals surface area contributed by atoms with E-state index in [1.807, 2.05) is 6.92 Å². The maximum Gasteiger partial charge on any atom is 0.573 e. The van der Waals surface area contributed by atoms with Gasteiger partial charge in [-0.05, 0) is 42.1 Å². The molecular weight excluding hydrogens is 331 g/mol. The lowest BCUT2D eigenvalue weighted by Gasteiger charge is -2.09. The summed E-state index contributed by atoms with van der Waals surface area (Å²) in [5, 5.41) is 6.60. The Hall–Kier alpha value is -2.16. The molecule has 1 amide bonds. The maximum absolute atomic E-state index is 12.1. The van der Waals surface area contributed by atoms with Gasteiger partial charge in [-0.25, -0.2) is 0 Å². The zero-order chi connectivity index (χ0) is 16.9. The number of nitrogens with zero attached hydrogens (tertiary/aromatic N) is 2. The highest BCUT2D eigenvalue weighted by atomic mass is 32.1. The van der Waals surface area contributed by atoms with E-state index in [-0.39, 0.29) is 11.7 Å². The fourth-order valence-corrected chi connectivity index (χ4v) is 2.54. The second kappa shape index (κ2) is 7.40. The van der Waals surface area contributed by atoms with Crippen molar-refractivity contribution in [3.05, 3.63) is 40.4 Å². The van der Waals surface area contributed by atoms with Crippen LogP contribution < -0.4 is 10.1 Å². The standard InChI is InChI=1S/C14H14F3N3O2S/c1-2-11-12(23-20-19-11)13(21)18-8-7-9-3-5-10(6-4-9)22-14(15,16)17/h3-6H,2,7-8H2,1H3,(H,18,21). The first-order chi connectivity index (χ1) is 10.9. The molecule has 1 aromatic carbocycles. The zero-order valence-electron chi connectivity index (χ0n) is 12.2. The molecule has 0 saturated carbocycles. The van der Waals surface area contributed by atoms with E-state index in [9.17, 15) is 18.0 Å². The Balaban J connectivity index is 1.83. The molecule has 0 unspecified atom stereocenters. The molecule has 0 atom stereocenters. The largest absolute Gasteiger partial charge is 0.573 e. The number of aromatic nitrogens is 2. The second-order valence-electron chi connectivity index (χ2n) is 4.60. The summed E-state index contributed by atoms with van der Waals surface area (Å²) in [7, 11) is 0. The Kier molecular flexibility index (Phi) is 5.54. The van der Waals surface area contributed by atoms with Gasteiger partial charge in [0.05, 0.1) is 5.69 Å². The van der Waals surface area contributed by atoms with Crippen LogP contribution in [0.25, 0.3) is 0 Å². The normalized spacial score (nSPS) is 11.3. The number of hydrogen-bond donors (Lipinski definition) is 1. The minimum atomic E-state index is -4.70. The molecular formula is C14H14F3N3O2S. The number of benzene rings is 1. The first-order valence-electron chi connectivity index (χ1n) is 6.83. The van der Waals surface area contributed by atoms with Gasteiger partial charge in [-0.2, -0.15) is 0 Å². The fourth-order valence-electron chi connectivity index (χ4n) is 1.87. The minimum Gasteiger partial charge on any atom is -0.406 e. The minimum absolute atomic E-state index is 0.242. The van der Waals surface area contributed by atoms with E-state index in [0.29, 0.717) is 30.0 Å². The molecule has 23 heavy (non-hydrogen) atoms. The van der Waals surface area contributed by atoms with Gasteiger partial charge in [0.15, 0.2) is 0 Å². The number of rotatable bonds is 6. The average molecular weight is 345 g/mol. The molecule has 1 N–H and O–H groups in total. The SMILES string of the molecule is CCc1nnsc1C(=O)NCCc1ccc(OC(F)(F)F)cc1. The van der Waals surface area contributed by atoms with E-state index in [0.717, 1.165) is 17.1 Å². The van der Waals surface area contributed by atoms with Crippen molar-refractivity contribution in [1.29, 1.82) is 0 Å². The van der Waals surface area contributed by atoms with Crippen LogP contribution in [0.4, 0.5) is 13.2 Å². The summed E-state index contributed by atoms with van der Waals surface area (Å²) in [5.41, 5.74) is 1.44. The summed E-state index contributed by atoms with van der Waals surface area (Å²) in [6.45, 7) is 2.25. The number of halogens is 3. The third kappa shape index (κ3) is 5.20. The lowest BCUT2D eigenvalue weighted by atomic mass is 10.1. The molecule has 2 rings (SSSR count). The van der Waals surface area contributed by atoms with Crippen LogP contribution in [-0.2, 0) is 12.8 Å². The van der Waals surface area contributed by atoms with Crippen molar-refractivity contribution >= 4 is 17.4 Å². The molecule has 0 aliphatic rings. The molecule has 0 spiro atoms. The number of nitrogens with one attached hydrogen (secondary N) is 1. The Bertz CT molecular complexity index is 656. The van der Waals surface area contributed by atoms with Crippen molar-refractivity contribution in [2.75, 3.05) is 6.54 Å². The van der Waals surface area contributed by atoms with E-state index in [2.05, 4.69) is 19.6 Å². The Labute approximate surface area is 134 Å². The van der Waals surface area contributed by atoms with Crippen LogP contribution in [0.3, 0.4) is 0 Å². The molecule has 9 heteroatoms. The van der Waals surface area contributed by atoms with Crippen LogP contribution in [0.5, 0.6) is 5.75 Å². The van der Waals surface area contributed by atoms with Gasteiger partial charge in [-0.15, -0.1) is 18.3 Å². The summed E-state index contributed by atoms with van der Waals surface area (Å²) >= 11 is 1.04. The highest BCUT2D eigenvalue weighted by Gasteiger charge is 2.30. The Morgan fingerprint density at radius 1 is 1.30 bits per heavy atom. The molecule has 0 radical (unpaired) electrons. The second-order valence-corrected chi connectivity index (χ2v) is 5.35. The molecule has 0 bridgehead atoms. The number of carbonyl (C=O) groups excluding carboxylic acids is 1. The van der Waals surface area contributed by atoms with Gasteiger partial charge >= 0.3 is 6.36 Å². The summed E-state index contributed by atoms with van der Waals surface area (Å²) in [5.74, 6) is -0.512. The van der Waals surface area contributed by atoms with E-state index < -0.39 is 6.36 Å². The van der Waals surface area contributed by atoms with Crippen LogP contribution in [0, 0.1) is 0 Å². The number of ether oxygens (including phenoxy) is 1. The monoisotopic (exact) mass is 345 g/mol. The van der Waals surface area contributed by atoms with Crippen molar-refractivity contribution in [2.24, 2.45) is 0 Å². The summed E-state index contributed by atoms with van der Waals surface area (Å²) < 4.78 is 43.7. The van der Waals surface area contributed by atoms with Gasteiger partial charge in [0.1, 0.15) is 10.6 Å². The highest BCUT2D eigenvalue weighted by molar-refractivity contribution is 7.08. The summed E-state index contributed by atoms with van der Waals surface area (Å²) in [6, 6.07) is 5.54. The summed E-state index contributed by atoms with van der Waals surface area (Å²) in [6.07, 6.45) is -3.58. The molecule has 1 heterocycles. The Morgan fingerprint density at radius 2 is 2.00 bits per heavy atom. The highest BCUT2D eigenvalue weighted by Crippen LogP contribution is 2.22. The summed E-state index contributed by atoms with van der Waals surface area (Å²) in [4.78, 5) is 12.4. The van der Waals surface area contributed by atoms with Gasteiger partial charge in [-0.1, -0.05) is 23.5 Å². The topological polar surface area (TPSA) is 64.1 Å². The first-order valence-corrected chi connectivity index (χ1v) is 7.60. The average Bonchev–Trinajstić information content (AvgIpc) is 2.96. The molecule has 1 aromatic heterocycles. The fraction of sp³-hybridized carbons (Fsp3) is 0.357. The van der Waals surface area contributed by atoms with Crippen molar-refractivity contribution in [2.45, 2.75) is 26.1 Å². The smallest absolute Gasteiger partial charge is 0.406 e. The molecule has 5 nitrogen and oxygen atoms in total. The van der Waals surface area contributed by atoms with E-state index >= 15 is 0 Å². The zero-order valence-corrected chi connectivity index (χ0v) is 13.0. The number of carbonyl (C=O) groups is 1. The van der Waals surface area contributed by atoms with E-state index in [4.69, 9.17) is 0 Å². The van der Waals surface area contributed by atoms with Gasteiger partial charge in [-0.3, -0.25) is 4.79 Å². The van der Waals surface area contributed by atoms with Crippen molar-refractivity contribution in [3.63, 3.8) is 0 Å². The molecule has 0 aliphatic carbocycles. The van der Waals surface area contributed by atoms with Gasteiger partial charge in [0, 0.05) is 6.54 Å². The van der Waals surface area contributed by atoms with Crippen LogP contribution in [-0.4, -0.2) is 28.4 Å². The molecule has 0 saturated heterocycles. The first kappa shape index (κ1) is 17.2. The third-order valence-electron chi connectivity index (χ3n) is 2.95. The van der Waals surface area contributed by atoms with Crippen molar-refractivity contribution < 1.29 is 22.7 Å². The van der Waals surface area contributed by atoms with E-state index in [1.54, 1.807) is 0 Å². The van der Waals surface area contributed by atoms with Crippen LogP contribution in [0.1, 0.15) is 27.9 Å². The quantitative estimate of drug-likeness (QED) is 0.874. The molecule has 0 fully saturated rings. The van der Waals surface area contributed by atoms with E-state index in [1.165, 1.54) is 24.3 Å². The molecule has 2 aromatic rings. The number of alkyl halides is 3. The number of hydrogen-bond acceptors (Lipinski definition) is 5. The van der Waals surface area contributed by atoms with Crippen LogP contribution in [0.15, 0.2) is 24.3 Å². The van der Waals surface area contributed by atoms with Crippen LogP contribution in [0.2, 0.25) is 0 Å². The number of aryl methyl sites for hydroxylation is 1. The number of amides is 1. The molecule has 124 valence electrons. The third-order valence-corrected chi connectivity index (χ3v) is 3.72. The van der Waals surface area contributed by atoms with Crippen molar-refractivity contribution in [3.8, 4) is 5.75 Å². The maximum atomic E-state index is 12.1. The van der Waals surface area contributed by atoms with Crippen molar-refractivity contribution in [1.82, 2.24) is 14.9 Å². The van der Waals surface area contributed by atoms with Crippen LogP contribution >= 0.6 is 11.5 Å².